The second-order valence-electron chi connectivity index (χ2n) is 3.65. The summed E-state index contributed by atoms with van der Waals surface area (Å²) in [5, 5.41) is 8.95. The highest BCUT2D eigenvalue weighted by Gasteiger charge is 2.32. The summed E-state index contributed by atoms with van der Waals surface area (Å²) in [5.74, 6) is -0.927. The van der Waals surface area contributed by atoms with Crippen LogP contribution in [-0.4, -0.2) is 66.3 Å². The second kappa shape index (κ2) is 5.50. The van der Waals surface area contributed by atoms with E-state index in [0.717, 1.165) is 0 Å². The number of hydrogen-bond acceptors (Lipinski definition) is 4. The van der Waals surface area contributed by atoms with Gasteiger partial charge in [0.25, 0.3) is 0 Å². The highest BCUT2D eigenvalue weighted by atomic mass is 16.6. The lowest BCUT2D eigenvalue weighted by molar-refractivity contribution is -0.144. The maximum Gasteiger partial charge on any atom is 0.410 e. The molecule has 6 heteroatoms. The molecule has 0 radical (unpaired) electrons. The summed E-state index contributed by atoms with van der Waals surface area (Å²) in [4.78, 5) is 25.5. The van der Waals surface area contributed by atoms with E-state index in [1.54, 1.807) is 11.9 Å². The molecule has 0 aromatic heterocycles. The molecule has 1 rings (SSSR count). The van der Waals surface area contributed by atoms with Crippen LogP contribution >= 0.6 is 0 Å². The van der Waals surface area contributed by atoms with Crippen LogP contribution in [0.3, 0.4) is 0 Å². The van der Waals surface area contributed by atoms with Crippen LogP contribution in [0.4, 0.5) is 4.79 Å². The molecule has 1 unspecified atom stereocenters. The number of amides is 1. The van der Waals surface area contributed by atoms with E-state index in [4.69, 9.17) is 9.84 Å². The van der Waals surface area contributed by atoms with Crippen molar-refractivity contribution in [3.63, 3.8) is 0 Å². The fourth-order valence-corrected chi connectivity index (χ4v) is 1.53. The molecule has 0 spiro atoms. The van der Waals surface area contributed by atoms with E-state index in [-0.39, 0.29) is 13.2 Å². The lowest BCUT2D eigenvalue weighted by Gasteiger charge is -2.36. The number of carboxylic acids is 1. The Morgan fingerprint density at radius 2 is 2.25 bits per heavy atom. The molecule has 0 saturated carbocycles. The number of rotatable bonds is 3. The molecule has 0 aromatic carbocycles. The zero-order valence-electron chi connectivity index (χ0n) is 9.26. The molecule has 1 atom stereocenters. The van der Waals surface area contributed by atoms with E-state index in [9.17, 15) is 9.59 Å². The summed E-state index contributed by atoms with van der Waals surface area (Å²) in [6.45, 7) is 4.74. The lowest BCUT2D eigenvalue weighted by Crippen LogP contribution is -2.56. The predicted molar refractivity (Wildman–Crippen MR) is 57.2 cm³/mol. The molecule has 1 N–H and O–H groups in total. The Bertz CT molecular complexity index is 293. The molecule has 1 heterocycles. The van der Waals surface area contributed by atoms with Crippen molar-refractivity contribution in [1.82, 2.24) is 9.80 Å². The summed E-state index contributed by atoms with van der Waals surface area (Å²) in [6, 6.07) is -0.662. The van der Waals surface area contributed by atoms with Crippen LogP contribution in [0, 0.1) is 0 Å². The zero-order valence-corrected chi connectivity index (χ0v) is 9.26. The van der Waals surface area contributed by atoms with Gasteiger partial charge in [0.1, 0.15) is 12.6 Å². The molecule has 6 nitrogen and oxygen atoms in total. The number of carbonyl (C=O) groups excluding carboxylic acids is 1. The number of carboxylic acid groups (broad SMARTS) is 1. The van der Waals surface area contributed by atoms with Gasteiger partial charge in [-0.2, -0.15) is 0 Å². The van der Waals surface area contributed by atoms with Crippen molar-refractivity contribution in [2.75, 3.05) is 33.3 Å². The highest BCUT2D eigenvalue weighted by molar-refractivity contribution is 5.76. The van der Waals surface area contributed by atoms with E-state index >= 15 is 0 Å². The molecule has 1 saturated heterocycles. The number of likely N-dealkylation sites (N-methyl/N-ethyl adjacent to an activating group) is 1. The number of aliphatic carboxylic acids is 1. The fraction of sp³-hybridized carbons (Fsp3) is 0.600. The summed E-state index contributed by atoms with van der Waals surface area (Å²) in [7, 11) is 1.73. The maximum absolute atomic E-state index is 11.5. The smallest absolute Gasteiger partial charge is 0.410 e. The third-order valence-corrected chi connectivity index (χ3v) is 2.52. The minimum absolute atomic E-state index is 0.142. The SMILES string of the molecule is C=CCOC(=O)N1CCN(C)C(C(=O)O)C1. The van der Waals surface area contributed by atoms with E-state index < -0.39 is 18.1 Å². The first-order valence-electron chi connectivity index (χ1n) is 5.02. The van der Waals surface area contributed by atoms with Gasteiger partial charge in [-0.1, -0.05) is 12.7 Å². The van der Waals surface area contributed by atoms with Crippen LogP contribution in [0.25, 0.3) is 0 Å². The molecule has 1 aliphatic rings. The van der Waals surface area contributed by atoms with Crippen LogP contribution in [-0.2, 0) is 9.53 Å². The van der Waals surface area contributed by atoms with Crippen molar-refractivity contribution < 1.29 is 19.4 Å². The Morgan fingerprint density at radius 1 is 1.56 bits per heavy atom. The molecule has 0 aromatic rings. The average molecular weight is 228 g/mol. The predicted octanol–water partition coefficient (Wildman–Crippen LogP) is 0.00960. The third-order valence-electron chi connectivity index (χ3n) is 2.52. The van der Waals surface area contributed by atoms with Gasteiger partial charge in [-0.3, -0.25) is 9.69 Å². The van der Waals surface area contributed by atoms with Gasteiger partial charge < -0.3 is 14.7 Å². The largest absolute Gasteiger partial charge is 0.480 e. The van der Waals surface area contributed by atoms with Crippen LogP contribution in [0.5, 0.6) is 0 Å². The second-order valence-corrected chi connectivity index (χ2v) is 3.65. The van der Waals surface area contributed by atoms with Gasteiger partial charge in [0.15, 0.2) is 0 Å². The Kier molecular flexibility index (Phi) is 4.30. The average Bonchev–Trinajstić information content (AvgIpc) is 2.26. The van der Waals surface area contributed by atoms with Crippen molar-refractivity contribution in [2.45, 2.75) is 6.04 Å². The third kappa shape index (κ3) is 2.96. The van der Waals surface area contributed by atoms with E-state index in [0.29, 0.717) is 13.1 Å². The van der Waals surface area contributed by atoms with Gasteiger partial charge in [0.2, 0.25) is 0 Å². The first-order valence-corrected chi connectivity index (χ1v) is 5.02. The molecular formula is C10H16N2O4. The first-order chi connectivity index (χ1) is 7.56. The molecule has 0 aliphatic carbocycles. The monoisotopic (exact) mass is 228 g/mol. The van der Waals surface area contributed by atoms with E-state index in [1.807, 2.05) is 0 Å². The summed E-state index contributed by atoms with van der Waals surface area (Å²) < 4.78 is 4.85. The van der Waals surface area contributed by atoms with Crippen LogP contribution in [0.1, 0.15) is 0 Å². The number of ether oxygens (including phenoxy) is 1. The summed E-state index contributed by atoms with van der Waals surface area (Å²) in [5.41, 5.74) is 0. The van der Waals surface area contributed by atoms with Gasteiger partial charge in [-0.25, -0.2) is 4.79 Å². The topological polar surface area (TPSA) is 70.1 Å². The molecule has 0 bridgehead atoms. The lowest BCUT2D eigenvalue weighted by atomic mass is 10.2. The summed E-state index contributed by atoms with van der Waals surface area (Å²) in [6.07, 6.45) is 0.988. The quantitative estimate of drug-likeness (QED) is 0.689. The fourth-order valence-electron chi connectivity index (χ4n) is 1.53. The highest BCUT2D eigenvalue weighted by Crippen LogP contribution is 2.09. The van der Waals surface area contributed by atoms with Gasteiger partial charge in [0.05, 0.1) is 6.54 Å². The Morgan fingerprint density at radius 3 is 2.81 bits per heavy atom. The number of piperazine rings is 1. The molecular weight excluding hydrogens is 212 g/mol. The van der Waals surface area contributed by atoms with Crippen LogP contribution in [0.2, 0.25) is 0 Å². The minimum atomic E-state index is -0.927. The van der Waals surface area contributed by atoms with Crippen molar-refractivity contribution in [2.24, 2.45) is 0 Å². The number of carbonyl (C=O) groups is 2. The van der Waals surface area contributed by atoms with Gasteiger partial charge >= 0.3 is 12.1 Å². The Labute approximate surface area is 94.1 Å². The summed E-state index contributed by atoms with van der Waals surface area (Å²) >= 11 is 0. The normalized spacial score (nSPS) is 21.6. The molecule has 1 fully saturated rings. The van der Waals surface area contributed by atoms with Crippen molar-refractivity contribution in [3.8, 4) is 0 Å². The van der Waals surface area contributed by atoms with Crippen molar-refractivity contribution >= 4 is 12.1 Å². The van der Waals surface area contributed by atoms with Crippen LogP contribution < -0.4 is 0 Å². The molecule has 1 aliphatic heterocycles. The van der Waals surface area contributed by atoms with Crippen molar-refractivity contribution in [3.05, 3.63) is 12.7 Å². The Hall–Kier alpha value is -1.56. The molecule has 90 valence electrons. The first kappa shape index (κ1) is 12.5. The van der Waals surface area contributed by atoms with Gasteiger partial charge in [0, 0.05) is 13.1 Å². The zero-order chi connectivity index (χ0) is 12.1. The number of nitrogens with zero attached hydrogens (tertiary/aromatic N) is 2. The molecule has 1 amide bonds. The standard InChI is InChI=1S/C10H16N2O4/c1-3-6-16-10(15)12-5-4-11(2)8(7-12)9(13)14/h3,8H,1,4-7H2,2H3,(H,13,14). The van der Waals surface area contributed by atoms with Gasteiger partial charge in [-0.15, -0.1) is 0 Å². The number of hydrogen-bond donors (Lipinski definition) is 1. The Balaban J connectivity index is 2.54. The van der Waals surface area contributed by atoms with E-state index in [1.165, 1.54) is 11.0 Å². The van der Waals surface area contributed by atoms with E-state index in [2.05, 4.69) is 6.58 Å². The van der Waals surface area contributed by atoms with Gasteiger partial charge in [-0.05, 0) is 7.05 Å². The minimum Gasteiger partial charge on any atom is -0.480 e. The maximum atomic E-state index is 11.5. The molecule has 16 heavy (non-hydrogen) atoms. The van der Waals surface area contributed by atoms with Crippen LogP contribution in [0.15, 0.2) is 12.7 Å². The van der Waals surface area contributed by atoms with Crippen molar-refractivity contribution in [1.29, 1.82) is 0 Å².